The van der Waals surface area contributed by atoms with Gasteiger partial charge in [-0.05, 0) is 23.7 Å². The highest BCUT2D eigenvalue weighted by Crippen LogP contribution is 2.36. The summed E-state index contributed by atoms with van der Waals surface area (Å²) in [7, 11) is 4.14. The van der Waals surface area contributed by atoms with Gasteiger partial charge in [0.15, 0.2) is 0 Å². The third kappa shape index (κ3) is 3.38. The van der Waals surface area contributed by atoms with Crippen molar-refractivity contribution in [1.82, 2.24) is 0 Å². The topological polar surface area (TPSA) is 18.5 Å². The maximum Gasteiger partial charge on any atom is 0.129 e. The minimum atomic E-state index is 0.335. The maximum atomic E-state index is 5.41. The lowest BCUT2D eigenvalue weighted by Gasteiger charge is -2.24. The number of rotatable bonds is 5. The average Bonchev–Trinajstić information content (AvgIpc) is 2.29. The first-order chi connectivity index (χ1) is 7.52. The molecule has 16 heavy (non-hydrogen) atoms. The second-order valence-corrected chi connectivity index (χ2v) is 6.57. The van der Waals surface area contributed by atoms with Crippen molar-refractivity contribution in [1.29, 1.82) is 0 Å². The second kappa shape index (κ2) is 5.54. The van der Waals surface area contributed by atoms with E-state index in [2.05, 4.69) is 26.8 Å². The van der Waals surface area contributed by atoms with Gasteiger partial charge in [0.1, 0.15) is 11.5 Å². The molecule has 1 unspecified atom stereocenters. The Morgan fingerprint density at radius 2 is 1.88 bits per heavy atom. The molecule has 0 aliphatic heterocycles. The van der Waals surface area contributed by atoms with Gasteiger partial charge in [0.25, 0.3) is 0 Å². The van der Waals surface area contributed by atoms with Crippen molar-refractivity contribution < 1.29 is 9.47 Å². The van der Waals surface area contributed by atoms with Crippen LogP contribution in [0.5, 0.6) is 11.5 Å². The highest BCUT2D eigenvalue weighted by atomic mass is 31.1. The van der Waals surface area contributed by atoms with Gasteiger partial charge in [-0.25, -0.2) is 0 Å². The van der Waals surface area contributed by atoms with Crippen LogP contribution < -0.4 is 14.8 Å². The molecule has 90 valence electrons. The van der Waals surface area contributed by atoms with Crippen molar-refractivity contribution in [3.63, 3.8) is 0 Å². The average molecular weight is 240 g/mol. The molecule has 0 bridgehead atoms. The number of methoxy groups -OCH3 is 2. The molecule has 0 aromatic heterocycles. The van der Waals surface area contributed by atoms with Crippen LogP contribution in [0.3, 0.4) is 0 Å². The molecule has 0 aliphatic carbocycles. The van der Waals surface area contributed by atoms with Crippen molar-refractivity contribution in [2.24, 2.45) is 0 Å². The van der Waals surface area contributed by atoms with Gasteiger partial charge in [-0.15, -0.1) is 0 Å². The van der Waals surface area contributed by atoms with Gasteiger partial charge in [0, 0.05) is 11.4 Å². The fourth-order valence-corrected chi connectivity index (χ4v) is 2.72. The quantitative estimate of drug-likeness (QED) is 0.736. The fourth-order valence-electron chi connectivity index (χ4n) is 1.35. The number of ether oxygens (including phenoxy) is 2. The Morgan fingerprint density at radius 3 is 2.38 bits per heavy atom. The van der Waals surface area contributed by atoms with Crippen LogP contribution in [-0.2, 0) is 0 Å². The van der Waals surface area contributed by atoms with Crippen LogP contribution in [0.2, 0.25) is 0 Å². The molecule has 1 aromatic rings. The lowest BCUT2D eigenvalue weighted by atomic mass is 10.1. The SMILES string of the molecule is CCC(C)(C)Pc1ccc(OC)cc1OC. The second-order valence-electron chi connectivity index (χ2n) is 4.43. The highest BCUT2D eigenvalue weighted by molar-refractivity contribution is 7.49. The molecule has 0 saturated heterocycles. The molecule has 0 spiro atoms. The predicted molar refractivity (Wildman–Crippen MR) is 71.9 cm³/mol. The van der Waals surface area contributed by atoms with E-state index in [4.69, 9.17) is 9.47 Å². The predicted octanol–water partition coefficient (Wildman–Crippen LogP) is 3.20. The first-order valence-electron chi connectivity index (χ1n) is 5.52. The van der Waals surface area contributed by atoms with Crippen molar-refractivity contribution in [3.05, 3.63) is 18.2 Å². The molecule has 0 radical (unpaired) electrons. The number of hydrogen-bond donors (Lipinski definition) is 0. The Hall–Kier alpha value is -0.750. The van der Waals surface area contributed by atoms with Crippen LogP contribution in [0.25, 0.3) is 0 Å². The summed E-state index contributed by atoms with van der Waals surface area (Å²) in [5, 5.41) is 1.61. The molecule has 0 aliphatic rings. The monoisotopic (exact) mass is 240 g/mol. The Kier molecular flexibility index (Phi) is 4.61. The van der Waals surface area contributed by atoms with Gasteiger partial charge >= 0.3 is 0 Å². The molecular weight excluding hydrogens is 219 g/mol. The van der Waals surface area contributed by atoms with Crippen LogP contribution in [0.15, 0.2) is 18.2 Å². The minimum Gasteiger partial charge on any atom is -0.497 e. The van der Waals surface area contributed by atoms with Crippen LogP contribution in [0.1, 0.15) is 27.2 Å². The molecule has 0 fully saturated rings. The molecule has 0 heterocycles. The van der Waals surface area contributed by atoms with E-state index in [-0.39, 0.29) is 0 Å². The summed E-state index contributed by atoms with van der Waals surface area (Å²) in [6, 6.07) is 6.05. The van der Waals surface area contributed by atoms with E-state index in [9.17, 15) is 0 Å². The van der Waals surface area contributed by atoms with Crippen molar-refractivity contribution >= 4 is 13.9 Å². The normalized spacial score (nSPS) is 12.1. The number of benzene rings is 1. The summed E-state index contributed by atoms with van der Waals surface area (Å²) in [5.41, 5.74) is 0. The van der Waals surface area contributed by atoms with Gasteiger partial charge < -0.3 is 9.47 Å². The van der Waals surface area contributed by atoms with Crippen molar-refractivity contribution in [3.8, 4) is 11.5 Å². The Labute approximate surface area is 100 Å². The van der Waals surface area contributed by atoms with E-state index in [1.54, 1.807) is 14.2 Å². The number of hydrogen-bond acceptors (Lipinski definition) is 2. The van der Waals surface area contributed by atoms with Crippen LogP contribution in [0, 0.1) is 0 Å². The Morgan fingerprint density at radius 1 is 1.19 bits per heavy atom. The maximum absolute atomic E-state index is 5.41. The lowest BCUT2D eigenvalue weighted by Crippen LogP contribution is -2.16. The van der Waals surface area contributed by atoms with Gasteiger partial charge in [0.2, 0.25) is 0 Å². The first-order valence-corrected chi connectivity index (χ1v) is 6.52. The van der Waals surface area contributed by atoms with E-state index >= 15 is 0 Å². The molecule has 0 N–H and O–H groups in total. The van der Waals surface area contributed by atoms with Gasteiger partial charge in [-0.1, -0.05) is 29.4 Å². The van der Waals surface area contributed by atoms with Gasteiger partial charge in [-0.3, -0.25) is 0 Å². The Balaban J connectivity index is 2.96. The standard InChI is InChI=1S/C13H21O2P/c1-6-13(2,3)16-12-8-7-10(14-4)9-11(12)15-5/h7-9,16H,6H2,1-5H3. The molecule has 0 amide bonds. The largest absolute Gasteiger partial charge is 0.497 e. The van der Waals surface area contributed by atoms with Crippen molar-refractivity contribution in [2.45, 2.75) is 32.3 Å². The fraction of sp³-hybridized carbons (Fsp3) is 0.538. The van der Waals surface area contributed by atoms with E-state index in [0.29, 0.717) is 5.16 Å². The summed E-state index contributed by atoms with van der Waals surface area (Å²) in [6.07, 6.45) is 1.17. The zero-order chi connectivity index (χ0) is 12.2. The third-order valence-electron chi connectivity index (χ3n) is 2.77. The summed E-state index contributed by atoms with van der Waals surface area (Å²) < 4.78 is 10.6. The Bertz CT molecular complexity index is 348. The molecule has 3 heteroatoms. The summed E-state index contributed by atoms with van der Waals surface area (Å²) in [5.74, 6) is 1.78. The van der Waals surface area contributed by atoms with E-state index in [1.165, 1.54) is 11.7 Å². The van der Waals surface area contributed by atoms with Crippen molar-refractivity contribution in [2.75, 3.05) is 14.2 Å². The van der Waals surface area contributed by atoms with Gasteiger partial charge in [-0.2, -0.15) is 0 Å². The first kappa shape index (κ1) is 13.3. The van der Waals surface area contributed by atoms with Crippen LogP contribution in [0.4, 0.5) is 0 Å². The third-order valence-corrected chi connectivity index (χ3v) is 4.48. The summed E-state index contributed by atoms with van der Waals surface area (Å²) in [4.78, 5) is 0. The lowest BCUT2D eigenvalue weighted by molar-refractivity contribution is 0.396. The molecule has 1 atom stereocenters. The minimum absolute atomic E-state index is 0.335. The molecule has 0 saturated carbocycles. The van der Waals surface area contributed by atoms with Gasteiger partial charge in [0.05, 0.1) is 14.2 Å². The van der Waals surface area contributed by atoms with Crippen LogP contribution >= 0.6 is 8.58 Å². The van der Waals surface area contributed by atoms with E-state index in [0.717, 1.165) is 20.1 Å². The smallest absolute Gasteiger partial charge is 0.129 e. The molecular formula is C13H21O2P. The van der Waals surface area contributed by atoms with E-state index in [1.807, 2.05) is 12.1 Å². The zero-order valence-corrected chi connectivity index (χ0v) is 11.8. The highest BCUT2D eigenvalue weighted by Gasteiger charge is 2.18. The summed E-state index contributed by atoms with van der Waals surface area (Å²) in [6.45, 7) is 6.80. The molecule has 1 aromatic carbocycles. The zero-order valence-electron chi connectivity index (χ0n) is 10.8. The molecule has 2 nitrogen and oxygen atoms in total. The summed E-state index contributed by atoms with van der Waals surface area (Å²) >= 11 is 0. The van der Waals surface area contributed by atoms with Crippen LogP contribution in [-0.4, -0.2) is 19.4 Å². The molecule has 1 rings (SSSR count). The van der Waals surface area contributed by atoms with E-state index < -0.39 is 0 Å².